The number of pyridine rings is 1. The van der Waals surface area contributed by atoms with Gasteiger partial charge in [0.2, 0.25) is 10.0 Å². The first-order chi connectivity index (χ1) is 11.4. The van der Waals surface area contributed by atoms with Crippen LogP contribution in [0.15, 0.2) is 41.1 Å². The van der Waals surface area contributed by atoms with Crippen molar-refractivity contribution < 1.29 is 12.8 Å². The summed E-state index contributed by atoms with van der Waals surface area (Å²) in [6.07, 6.45) is 6.32. The van der Waals surface area contributed by atoms with E-state index < -0.39 is 10.0 Å². The molecule has 0 saturated carbocycles. The van der Waals surface area contributed by atoms with Crippen molar-refractivity contribution in [1.29, 1.82) is 0 Å². The number of nitrogens with one attached hydrogen (secondary N) is 1. The molecular formula is C17H23N3O3S. The van der Waals surface area contributed by atoms with Gasteiger partial charge in [-0.15, -0.1) is 0 Å². The summed E-state index contributed by atoms with van der Waals surface area (Å²) >= 11 is 0. The van der Waals surface area contributed by atoms with Crippen LogP contribution in [0.2, 0.25) is 0 Å². The third-order valence-corrected chi connectivity index (χ3v) is 5.11. The Morgan fingerprint density at radius 1 is 1.29 bits per heavy atom. The Bertz CT molecular complexity index is 773. The van der Waals surface area contributed by atoms with Gasteiger partial charge >= 0.3 is 0 Å². The molecule has 0 amide bonds. The molecule has 1 aliphatic heterocycles. The molecule has 1 saturated heterocycles. The van der Waals surface area contributed by atoms with Crippen molar-refractivity contribution in [1.82, 2.24) is 14.6 Å². The minimum atomic E-state index is -3.24. The molecule has 2 aromatic rings. The summed E-state index contributed by atoms with van der Waals surface area (Å²) in [5.41, 5.74) is 1.15. The third-order valence-electron chi connectivity index (χ3n) is 4.38. The first-order valence-electron chi connectivity index (χ1n) is 8.06. The summed E-state index contributed by atoms with van der Waals surface area (Å²) in [4.78, 5) is 6.34. The van der Waals surface area contributed by atoms with E-state index >= 15 is 0 Å². The minimum absolute atomic E-state index is 0.0903. The molecular weight excluding hydrogens is 326 g/mol. The van der Waals surface area contributed by atoms with Crippen LogP contribution in [-0.4, -0.2) is 43.2 Å². The molecule has 2 aromatic heterocycles. The van der Waals surface area contributed by atoms with Gasteiger partial charge < -0.3 is 4.42 Å². The fourth-order valence-corrected chi connectivity index (χ4v) is 4.15. The normalized spacial score (nSPS) is 22.1. The summed E-state index contributed by atoms with van der Waals surface area (Å²) < 4.78 is 31.9. The van der Waals surface area contributed by atoms with Crippen LogP contribution < -0.4 is 4.72 Å². The lowest BCUT2D eigenvalue weighted by atomic mass is 10.0. The Hall–Kier alpha value is -1.70. The maximum Gasteiger partial charge on any atom is 0.209 e. The van der Waals surface area contributed by atoms with E-state index in [1.165, 1.54) is 6.26 Å². The van der Waals surface area contributed by atoms with E-state index in [9.17, 15) is 8.42 Å². The lowest BCUT2D eigenvalue weighted by molar-refractivity contribution is 0.212. The zero-order valence-electron chi connectivity index (χ0n) is 14.0. The molecule has 0 spiro atoms. The number of aryl methyl sites for hydroxylation is 1. The highest BCUT2D eigenvalue weighted by molar-refractivity contribution is 7.88. The van der Waals surface area contributed by atoms with Crippen LogP contribution in [0, 0.1) is 6.92 Å². The van der Waals surface area contributed by atoms with Crippen molar-refractivity contribution in [3.63, 3.8) is 0 Å². The topological polar surface area (TPSA) is 75.4 Å². The average molecular weight is 349 g/mol. The number of nitrogens with zero attached hydrogens (tertiary/aromatic N) is 2. The largest absolute Gasteiger partial charge is 0.465 e. The summed E-state index contributed by atoms with van der Waals surface area (Å²) in [6, 6.07) is 7.89. The van der Waals surface area contributed by atoms with Crippen molar-refractivity contribution >= 4 is 10.0 Å². The van der Waals surface area contributed by atoms with Crippen LogP contribution in [0.4, 0.5) is 0 Å². The van der Waals surface area contributed by atoms with E-state index in [1.807, 2.05) is 31.2 Å². The predicted octanol–water partition coefficient (Wildman–Crippen LogP) is 1.72. The number of hydrogen-bond acceptors (Lipinski definition) is 5. The quantitative estimate of drug-likeness (QED) is 0.859. The molecule has 0 aliphatic carbocycles. The van der Waals surface area contributed by atoms with Crippen LogP contribution in [0.1, 0.15) is 23.5 Å². The highest BCUT2D eigenvalue weighted by Crippen LogP contribution is 2.25. The third kappa shape index (κ3) is 4.43. The van der Waals surface area contributed by atoms with Gasteiger partial charge in [0.25, 0.3) is 0 Å². The number of likely N-dealkylation sites (tertiary alicyclic amines) is 1. The molecule has 2 atom stereocenters. The van der Waals surface area contributed by atoms with Gasteiger partial charge in [-0.3, -0.25) is 9.88 Å². The van der Waals surface area contributed by atoms with Gasteiger partial charge in [0.05, 0.1) is 12.8 Å². The van der Waals surface area contributed by atoms with Gasteiger partial charge in [0.1, 0.15) is 11.5 Å². The molecule has 0 unspecified atom stereocenters. The fourth-order valence-electron chi connectivity index (χ4n) is 3.33. The summed E-state index contributed by atoms with van der Waals surface area (Å²) in [5.74, 6) is 1.80. The predicted molar refractivity (Wildman–Crippen MR) is 92.0 cm³/mol. The average Bonchev–Trinajstić information content (AvgIpc) is 3.07. The SMILES string of the molecule is Cc1ccc(CN2CC[C@@H](NS(C)(=O)=O)[C@@H]2Cc2ccncc2)o1. The number of sulfonamides is 1. The molecule has 1 fully saturated rings. The Morgan fingerprint density at radius 2 is 2.04 bits per heavy atom. The summed E-state index contributed by atoms with van der Waals surface area (Å²) in [7, 11) is -3.24. The highest BCUT2D eigenvalue weighted by Gasteiger charge is 2.36. The van der Waals surface area contributed by atoms with Gasteiger partial charge in [-0.05, 0) is 49.6 Å². The number of hydrogen-bond donors (Lipinski definition) is 1. The molecule has 130 valence electrons. The molecule has 3 rings (SSSR count). The zero-order chi connectivity index (χ0) is 17.2. The second kappa shape index (κ2) is 7.04. The Balaban J connectivity index is 1.78. The smallest absolute Gasteiger partial charge is 0.209 e. The highest BCUT2D eigenvalue weighted by atomic mass is 32.2. The van der Waals surface area contributed by atoms with E-state index in [0.29, 0.717) is 6.54 Å². The molecule has 1 N–H and O–H groups in total. The first-order valence-corrected chi connectivity index (χ1v) is 9.95. The number of rotatable bonds is 6. The second-order valence-electron chi connectivity index (χ2n) is 6.39. The maximum atomic E-state index is 11.7. The van der Waals surface area contributed by atoms with E-state index in [1.54, 1.807) is 12.4 Å². The molecule has 24 heavy (non-hydrogen) atoms. The van der Waals surface area contributed by atoms with Gasteiger partial charge in [0, 0.05) is 31.0 Å². The lowest BCUT2D eigenvalue weighted by Crippen LogP contribution is -2.45. The molecule has 3 heterocycles. The van der Waals surface area contributed by atoms with Crippen LogP contribution in [0.25, 0.3) is 0 Å². The molecule has 0 radical (unpaired) electrons. The molecule has 0 aromatic carbocycles. The summed E-state index contributed by atoms with van der Waals surface area (Å²) in [6.45, 7) is 3.45. The fraction of sp³-hybridized carbons (Fsp3) is 0.471. The lowest BCUT2D eigenvalue weighted by Gasteiger charge is -2.27. The number of aromatic nitrogens is 1. The van der Waals surface area contributed by atoms with E-state index in [0.717, 1.165) is 36.5 Å². The van der Waals surface area contributed by atoms with Crippen LogP contribution in [0.3, 0.4) is 0 Å². The van der Waals surface area contributed by atoms with Gasteiger partial charge in [0.15, 0.2) is 0 Å². The Labute approximate surface area is 142 Å². The first kappa shape index (κ1) is 17.1. The van der Waals surface area contributed by atoms with Crippen LogP contribution in [0.5, 0.6) is 0 Å². The summed E-state index contributed by atoms with van der Waals surface area (Å²) in [5, 5.41) is 0. The van der Waals surface area contributed by atoms with Crippen molar-refractivity contribution in [2.45, 2.75) is 38.4 Å². The zero-order valence-corrected chi connectivity index (χ0v) is 14.8. The minimum Gasteiger partial charge on any atom is -0.465 e. The second-order valence-corrected chi connectivity index (χ2v) is 8.17. The van der Waals surface area contributed by atoms with Crippen molar-refractivity contribution in [2.75, 3.05) is 12.8 Å². The molecule has 1 aliphatic rings. The van der Waals surface area contributed by atoms with Crippen molar-refractivity contribution in [3.8, 4) is 0 Å². The molecule has 7 heteroatoms. The van der Waals surface area contributed by atoms with Crippen molar-refractivity contribution in [3.05, 3.63) is 53.7 Å². The van der Waals surface area contributed by atoms with Gasteiger partial charge in [-0.1, -0.05) is 0 Å². The van der Waals surface area contributed by atoms with Gasteiger partial charge in [-0.2, -0.15) is 0 Å². The van der Waals surface area contributed by atoms with Crippen molar-refractivity contribution in [2.24, 2.45) is 0 Å². The van der Waals surface area contributed by atoms with E-state index in [2.05, 4.69) is 14.6 Å². The molecule has 0 bridgehead atoms. The number of furan rings is 1. The standard InChI is InChI=1S/C17H23N3O3S/c1-13-3-4-15(23-13)12-20-10-7-16(19-24(2,21)22)17(20)11-14-5-8-18-9-6-14/h3-6,8-9,16-17,19H,7,10-12H2,1-2H3/t16-,17+/m1/s1. The van der Waals surface area contributed by atoms with Crippen LogP contribution >= 0.6 is 0 Å². The van der Waals surface area contributed by atoms with Crippen LogP contribution in [-0.2, 0) is 23.0 Å². The van der Waals surface area contributed by atoms with E-state index in [4.69, 9.17) is 4.42 Å². The Morgan fingerprint density at radius 3 is 2.67 bits per heavy atom. The Kier molecular flexibility index (Phi) is 5.03. The molecule has 6 nitrogen and oxygen atoms in total. The monoisotopic (exact) mass is 349 g/mol. The maximum absolute atomic E-state index is 11.7. The van der Waals surface area contributed by atoms with Gasteiger partial charge in [-0.25, -0.2) is 13.1 Å². The van der Waals surface area contributed by atoms with E-state index in [-0.39, 0.29) is 12.1 Å².